The summed E-state index contributed by atoms with van der Waals surface area (Å²) in [7, 11) is 0. The summed E-state index contributed by atoms with van der Waals surface area (Å²) in [6, 6.07) is 17.2. The van der Waals surface area contributed by atoms with E-state index < -0.39 is 0 Å². The zero-order valence-corrected chi connectivity index (χ0v) is 17.8. The fourth-order valence-electron chi connectivity index (χ4n) is 5.08. The summed E-state index contributed by atoms with van der Waals surface area (Å²) in [6.07, 6.45) is 7.00. The van der Waals surface area contributed by atoms with Crippen LogP contribution >= 0.6 is 0 Å². The molecule has 1 aliphatic heterocycles. The van der Waals surface area contributed by atoms with Crippen molar-refractivity contribution in [1.82, 2.24) is 0 Å². The number of piperazine rings is 1. The van der Waals surface area contributed by atoms with Gasteiger partial charge in [0.2, 0.25) is 0 Å². The van der Waals surface area contributed by atoms with Crippen molar-refractivity contribution in [1.29, 1.82) is 0 Å². The van der Waals surface area contributed by atoms with E-state index in [0.29, 0.717) is 12.2 Å². The Kier molecular flexibility index (Phi) is 6.66. The Morgan fingerprint density at radius 3 is 2.38 bits per heavy atom. The summed E-state index contributed by atoms with van der Waals surface area (Å²) in [5, 5.41) is 0. The predicted molar refractivity (Wildman–Crippen MR) is 120 cm³/mol. The molecular formula is C26H35N2O+. The molecule has 0 bridgehead atoms. The number of quaternary nitrogens is 1. The second-order valence-corrected chi connectivity index (χ2v) is 8.90. The molecule has 0 amide bonds. The van der Waals surface area contributed by atoms with Gasteiger partial charge in [-0.2, -0.15) is 0 Å². The normalized spacial score (nSPS) is 18.3. The van der Waals surface area contributed by atoms with Crippen LogP contribution in [0.4, 0.5) is 5.69 Å². The third-order valence-corrected chi connectivity index (χ3v) is 6.92. The van der Waals surface area contributed by atoms with Gasteiger partial charge in [0.15, 0.2) is 5.78 Å². The smallest absolute Gasteiger partial charge is 0.163 e. The zero-order chi connectivity index (χ0) is 20.1. The average molecular weight is 392 g/mol. The summed E-state index contributed by atoms with van der Waals surface area (Å²) in [5.41, 5.74) is 5.06. The molecule has 0 aromatic heterocycles. The Labute approximate surface area is 175 Å². The van der Waals surface area contributed by atoms with E-state index in [1.54, 1.807) is 4.90 Å². The molecule has 29 heavy (non-hydrogen) atoms. The second kappa shape index (κ2) is 9.58. The van der Waals surface area contributed by atoms with Gasteiger partial charge in [-0.3, -0.25) is 4.79 Å². The quantitative estimate of drug-likeness (QED) is 0.721. The van der Waals surface area contributed by atoms with Gasteiger partial charge in [0.05, 0.1) is 32.7 Å². The van der Waals surface area contributed by atoms with Crippen LogP contribution in [0.15, 0.2) is 48.5 Å². The Balaban J connectivity index is 1.19. The average Bonchev–Trinajstić information content (AvgIpc) is 3.30. The first kappa shape index (κ1) is 20.2. The van der Waals surface area contributed by atoms with Crippen molar-refractivity contribution < 1.29 is 9.69 Å². The van der Waals surface area contributed by atoms with Gasteiger partial charge in [-0.05, 0) is 42.9 Å². The first-order valence-electron chi connectivity index (χ1n) is 11.5. The number of rotatable bonds is 7. The number of nitrogens with zero attached hydrogens (tertiary/aromatic N) is 1. The molecule has 3 nitrogen and oxygen atoms in total. The summed E-state index contributed by atoms with van der Waals surface area (Å²) in [4.78, 5) is 16.7. The number of anilines is 1. The molecule has 3 heteroatoms. The molecule has 0 unspecified atom stereocenters. The molecule has 1 aliphatic carbocycles. The van der Waals surface area contributed by atoms with E-state index in [1.807, 2.05) is 0 Å². The topological polar surface area (TPSA) is 24.8 Å². The highest BCUT2D eigenvalue weighted by Crippen LogP contribution is 2.34. The van der Waals surface area contributed by atoms with Crippen molar-refractivity contribution in [2.24, 2.45) is 0 Å². The van der Waals surface area contributed by atoms with Crippen LogP contribution in [0.25, 0.3) is 0 Å². The Bertz CT molecular complexity index is 800. The third-order valence-electron chi connectivity index (χ3n) is 6.92. The Hall–Kier alpha value is -2.13. The van der Waals surface area contributed by atoms with Crippen molar-refractivity contribution in [3.63, 3.8) is 0 Å². The maximum Gasteiger partial charge on any atom is 0.163 e. The molecule has 0 radical (unpaired) electrons. The van der Waals surface area contributed by atoms with E-state index >= 15 is 0 Å². The Morgan fingerprint density at radius 1 is 1.00 bits per heavy atom. The lowest BCUT2D eigenvalue weighted by Crippen LogP contribution is -3.14. The molecule has 2 aromatic carbocycles. The van der Waals surface area contributed by atoms with Crippen molar-refractivity contribution >= 4 is 11.5 Å². The number of ketones is 1. The maximum absolute atomic E-state index is 12.6. The lowest BCUT2D eigenvalue weighted by molar-refractivity contribution is -0.900. The lowest BCUT2D eigenvalue weighted by Gasteiger charge is -2.34. The highest BCUT2D eigenvalue weighted by atomic mass is 16.1. The molecule has 154 valence electrons. The molecule has 0 atom stereocenters. The first-order valence-corrected chi connectivity index (χ1v) is 11.5. The van der Waals surface area contributed by atoms with Gasteiger partial charge in [0.25, 0.3) is 0 Å². The molecule has 2 aliphatic rings. The SMILES string of the molecule is Cc1ccccc1N1CC[NH+](CCCC(=O)c2ccc(C3CCCC3)cc2)CC1. The maximum atomic E-state index is 12.6. The zero-order valence-electron chi connectivity index (χ0n) is 17.8. The standard InChI is InChI=1S/C26H34N2O/c1-21-7-2-5-10-25(21)28-19-17-27(18-20-28)16-6-11-26(29)24-14-12-23(13-15-24)22-8-3-4-9-22/h2,5,7,10,12-15,22H,3-4,6,8-9,11,16-20H2,1H3/p+1. The minimum Gasteiger partial charge on any atom is -0.360 e. The summed E-state index contributed by atoms with van der Waals surface area (Å²) in [6.45, 7) is 7.85. The summed E-state index contributed by atoms with van der Waals surface area (Å²) < 4.78 is 0. The minimum atomic E-state index is 0.306. The molecule has 0 spiro atoms. The molecule has 2 fully saturated rings. The number of hydrogen-bond donors (Lipinski definition) is 1. The number of benzene rings is 2. The molecule has 1 saturated heterocycles. The largest absolute Gasteiger partial charge is 0.360 e. The number of aryl methyl sites for hydroxylation is 1. The highest BCUT2D eigenvalue weighted by Gasteiger charge is 2.21. The van der Waals surface area contributed by atoms with Crippen molar-refractivity contribution in [2.45, 2.75) is 51.4 Å². The third kappa shape index (κ3) is 5.08. The van der Waals surface area contributed by atoms with Gasteiger partial charge < -0.3 is 9.80 Å². The predicted octanol–water partition coefficient (Wildman–Crippen LogP) is 4.02. The number of hydrogen-bond acceptors (Lipinski definition) is 2. The van der Waals surface area contributed by atoms with Crippen LogP contribution in [0.2, 0.25) is 0 Å². The van der Waals surface area contributed by atoms with E-state index in [4.69, 9.17) is 0 Å². The van der Waals surface area contributed by atoms with E-state index in [1.165, 1.54) is 55.6 Å². The summed E-state index contributed by atoms with van der Waals surface area (Å²) >= 11 is 0. The van der Waals surface area contributed by atoms with Gasteiger partial charge >= 0.3 is 0 Å². The van der Waals surface area contributed by atoms with Crippen LogP contribution in [-0.4, -0.2) is 38.5 Å². The van der Waals surface area contributed by atoms with Gasteiger partial charge in [-0.1, -0.05) is 55.3 Å². The van der Waals surface area contributed by atoms with Crippen LogP contribution in [-0.2, 0) is 0 Å². The van der Waals surface area contributed by atoms with Gasteiger partial charge in [-0.25, -0.2) is 0 Å². The molecule has 1 saturated carbocycles. The Morgan fingerprint density at radius 2 is 1.69 bits per heavy atom. The number of carbonyl (C=O) groups is 1. The molecular weight excluding hydrogens is 356 g/mol. The molecule has 1 N–H and O–H groups in total. The fraction of sp³-hybridized carbons (Fsp3) is 0.500. The first-order chi connectivity index (χ1) is 14.2. The van der Waals surface area contributed by atoms with Gasteiger partial charge in [0, 0.05) is 24.1 Å². The van der Waals surface area contributed by atoms with E-state index in [-0.39, 0.29) is 0 Å². The number of nitrogens with one attached hydrogen (secondary N) is 1. The van der Waals surface area contributed by atoms with Crippen LogP contribution in [0.3, 0.4) is 0 Å². The minimum absolute atomic E-state index is 0.306. The molecule has 1 heterocycles. The van der Waals surface area contributed by atoms with E-state index in [9.17, 15) is 4.79 Å². The molecule has 2 aromatic rings. The lowest BCUT2D eigenvalue weighted by atomic mass is 9.95. The van der Waals surface area contributed by atoms with E-state index in [0.717, 1.165) is 37.5 Å². The number of carbonyl (C=O) groups excluding carboxylic acids is 1. The monoisotopic (exact) mass is 391 g/mol. The summed E-state index contributed by atoms with van der Waals surface area (Å²) in [5.74, 6) is 1.03. The van der Waals surface area contributed by atoms with Crippen LogP contribution in [0.1, 0.15) is 65.9 Å². The van der Waals surface area contributed by atoms with Crippen molar-refractivity contribution in [2.75, 3.05) is 37.6 Å². The van der Waals surface area contributed by atoms with Crippen molar-refractivity contribution in [3.05, 3.63) is 65.2 Å². The fourth-order valence-corrected chi connectivity index (χ4v) is 5.08. The molecule has 4 rings (SSSR count). The van der Waals surface area contributed by atoms with Gasteiger partial charge in [0.1, 0.15) is 0 Å². The van der Waals surface area contributed by atoms with Crippen LogP contribution in [0, 0.1) is 6.92 Å². The van der Waals surface area contributed by atoms with Crippen LogP contribution in [0.5, 0.6) is 0 Å². The second-order valence-electron chi connectivity index (χ2n) is 8.90. The number of para-hydroxylation sites is 1. The number of Topliss-reactive ketones (excluding diaryl/α,β-unsaturated/α-hetero) is 1. The van der Waals surface area contributed by atoms with Crippen molar-refractivity contribution in [3.8, 4) is 0 Å². The van der Waals surface area contributed by atoms with Gasteiger partial charge in [-0.15, -0.1) is 0 Å². The highest BCUT2D eigenvalue weighted by molar-refractivity contribution is 5.96. The van der Waals surface area contributed by atoms with Crippen LogP contribution < -0.4 is 9.80 Å². The van der Waals surface area contributed by atoms with E-state index in [2.05, 4.69) is 60.4 Å².